The number of anilines is 1. The van der Waals surface area contributed by atoms with Crippen LogP contribution in [-0.2, 0) is 13.0 Å². The highest BCUT2D eigenvalue weighted by Crippen LogP contribution is 2.29. The molecule has 0 saturated heterocycles. The summed E-state index contributed by atoms with van der Waals surface area (Å²) in [5.41, 5.74) is 5.89. The minimum absolute atomic E-state index is 0.902. The van der Waals surface area contributed by atoms with Crippen molar-refractivity contribution in [3.8, 4) is 11.3 Å². The molecule has 0 radical (unpaired) electrons. The van der Waals surface area contributed by atoms with Gasteiger partial charge in [-0.25, -0.2) is 4.98 Å². The predicted octanol–water partition coefficient (Wildman–Crippen LogP) is 2.93. The van der Waals surface area contributed by atoms with Crippen molar-refractivity contribution in [2.75, 3.05) is 25.5 Å². The maximum atomic E-state index is 4.80. The number of hydrogen-bond donors (Lipinski definition) is 1. The summed E-state index contributed by atoms with van der Waals surface area (Å²) in [5, 5.41) is 6.36. The molecule has 1 aliphatic rings. The van der Waals surface area contributed by atoms with E-state index in [9.17, 15) is 0 Å². The third-order valence-corrected chi connectivity index (χ3v) is 4.46. The van der Waals surface area contributed by atoms with Crippen molar-refractivity contribution in [3.05, 3.63) is 28.4 Å². The molecule has 0 aliphatic carbocycles. The van der Waals surface area contributed by atoms with Gasteiger partial charge in [0.2, 0.25) is 0 Å². The molecule has 0 aromatic carbocycles. The molecule has 2 aromatic heterocycles. The Kier molecular flexibility index (Phi) is 3.72. The molecule has 5 heteroatoms. The second kappa shape index (κ2) is 5.50. The Bertz CT molecular complexity index is 620. The Morgan fingerprint density at radius 2 is 2.25 bits per heavy atom. The topological polar surface area (TPSA) is 41.1 Å². The van der Waals surface area contributed by atoms with Gasteiger partial charge in [0.25, 0.3) is 0 Å². The molecule has 0 fully saturated rings. The zero-order valence-corrected chi connectivity index (χ0v) is 13.0. The van der Waals surface area contributed by atoms with Crippen LogP contribution in [-0.4, -0.2) is 35.0 Å². The summed E-state index contributed by atoms with van der Waals surface area (Å²) >= 11 is 1.66. The van der Waals surface area contributed by atoms with Crippen LogP contribution in [0.5, 0.6) is 0 Å². The van der Waals surface area contributed by atoms with E-state index in [0.29, 0.717) is 0 Å². The van der Waals surface area contributed by atoms with Gasteiger partial charge in [-0.3, -0.25) is 4.98 Å². The van der Waals surface area contributed by atoms with Gasteiger partial charge in [0.05, 0.1) is 5.69 Å². The number of fused-ring (bicyclic) bond motifs is 1. The van der Waals surface area contributed by atoms with Crippen LogP contribution in [0.4, 0.5) is 5.13 Å². The van der Waals surface area contributed by atoms with E-state index in [1.165, 1.54) is 16.8 Å². The lowest BCUT2D eigenvalue weighted by atomic mass is 10.0. The smallest absolute Gasteiger partial charge is 0.183 e. The first-order valence-electron chi connectivity index (χ1n) is 7.05. The molecule has 3 heterocycles. The predicted molar refractivity (Wildman–Crippen MR) is 84.3 cm³/mol. The fourth-order valence-electron chi connectivity index (χ4n) is 2.61. The molecule has 0 saturated carbocycles. The summed E-state index contributed by atoms with van der Waals surface area (Å²) < 4.78 is 0. The van der Waals surface area contributed by atoms with E-state index in [1.54, 1.807) is 11.3 Å². The lowest BCUT2D eigenvalue weighted by Gasteiger charge is -2.25. The van der Waals surface area contributed by atoms with Gasteiger partial charge in [-0.2, -0.15) is 0 Å². The number of nitrogens with zero attached hydrogens (tertiary/aromatic N) is 3. The summed E-state index contributed by atoms with van der Waals surface area (Å²) in [7, 11) is 2.16. The highest BCUT2D eigenvalue weighted by molar-refractivity contribution is 7.14. The molecule has 0 amide bonds. The minimum Gasteiger partial charge on any atom is -0.362 e. The van der Waals surface area contributed by atoms with E-state index in [2.05, 4.69) is 47.5 Å². The van der Waals surface area contributed by atoms with Gasteiger partial charge in [0.1, 0.15) is 0 Å². The molecule has 4 nitrogen and oxygen atoms in total. The molecule has 0 bridgehead atoms. The molecule has 0 spiro atoms. The zero-order valence-electron chi connectivity index (χ0n) is 12.2. The minimum atomic E-state index is 0.902. The van der Waals surface area contributed by atoms with E-state index in [-0.39, 0.29) is 0 Å². The van der Waals surface area contributed by atoms with Crippen molar-refractivity contribution in [2.24, 2.45) is 0 Å². The summed E-state index contributed by atoms with van der Waals surface area (Å²) in [5.74, 6) is 0. The Labute approximate surface area is 123 Å². The Morgan fingerprint density at radius 1 is 1.40 bits per heavy atom. The van der Waals surface area contributed by atoms with Gasteiger partial charge in [-0.05, 0) is 32.5 Å². The van der Waals surface area contributed by atoms with Crippen molar-refractivity contribution in [3.63, 3.8) is 0 Å². The highest BCUT2D eigenvalue weighted by Gasteiger charge is 2.18. The Morgan fingerprint density at radius 3 is 3.05 bits per heavy atom. The molecule has 20 heavy (non-hydrogen) atoms. The molecule has 1 N–H and O–H groups in total. The lowest BCUT2D eigenvalue weighted by molar-refractivity contribution is 0.310. The second-order valence-electron chi connectivity index (χ2n) is 5.28. The Hall–Kier alpha value is -1.46. The fourth-order valence-corrected chi connectivity index (χ4v) is 3.39. The Balaban J connectivity index is 1.98. The lowest BCUT2D eigenvalue weighted by Crippen LogP contribution is -2.27. The largest absolute Gasteiger partial charge is 0.362 e. The highest BCUT2D eigenvalue weighted by atomic mass is 32.1. The van der Waals surface area contributed by atoms with Gasteiger partial charge < -0.3 is 10.2 Å². The third-order valence-electron chi connectivity index (χ3n) is 3.66. The van der Waals surface area contributed by atoms with E-state index in [1.807, 2.05) is 0 Å². The summed E-state index contributed by atoms with van der Waals surface area (Å²) in [4.78, 5) is 11.8. The van der Waals surface area contributed by atoms with Crippen LogP contribution in [0.15, 0.2) is 11.4 Å². The molecular formula is C15H20N4S. The normalized spacial score (nSPS) is 15.2. The van der Waals surface area contributed by atoms with Crippen LogP contribution in [0, 0.1) is 6.92 Å². The molecule has 1 aliphatic heterocycles. The summed E-state index contributed by atoms with van der Waals surface area (Å²) in [6.07, 6.45) is 1.05. The summed E-state index contributed by atoms with van der Waals surface area (Å²) in [6, 6.07) is 2.28. The van der Waals surface area contributed by atoms with Crippen molar-refractivity contribution in [1.82, 2.24) is 14.9 Å². The standard InChI is InChI=1S/C15H20N4S/c1-4-16-15-18-14(9-20-15)12-7-11-8-19(3)6-5-13(11)17-10(12)2/h7,9H,4-6,8H2,1-3H3,(H,16,18). The maximum absolute atomic E-state index is 4.80. The monoisotopic (exact) mass is 288 g/mol. The number of nitrogens with one attached hydrogen (secondary N) is 1. The third kappa shape index (κ3) is 2.55. The molecule has 0 atom stereocenters. The maximum Gasteiger partial charge on any atom is 0.183 e. The van der Waals surface area contributed by atoms with Crippen molar-refractivity contribution in [1.29, 1.82) is 0 Å². The van der Waals surface area contributed by atoms with Gasteiger partial charge in [0, 0.05) is 48.4 Å². The van der Waals surface area contributed by atoms with Crippen LogP contribution in [0.1, 0.15) is 23.9 Å². The van der Waals surface area contributed by atoms with Gasteiger partial charge in [-0.15, -0.1) is 11.3 Å². The van der Waals surface area contributed by atoms with Crippen molar-refractivity contribution < 1.29 is 0 Å². The molecular weight excluding hydrogens is 268 g/mol. The van der Waals surface area contributed by atoms with E-state index in [4.69, 9.17) is 4.98 Å². The first-order valence-corrected chi connectivity index (χ1v) is 7.93. The van der Waals surface area contributed by atoms with Crippen molar-refractivity contribution >= 4 is 16.5 Å². The quantitative estimate of drug-likeness (QED) is 0.943. The SMILES string of the molecule is CCNc1nc(-c2cc3c(nc2C)CCN(C)C3)cs1. The molecule has 106 valence electrons. The number of likely N-dealkylation sites (N-methyl/N-ethyl adjacent to an activating group) is 1. The number of rotatable bonds is 3. The number of aryl methyl sites for hydroxylation is 1. The molecule has 2 aromatic rings. The molecule has 0 unspecified atom stereocenters. The van der Waals surface area contributed by atoms with Crippen LogP contribution in [0.3, 0.4) is 0 Å². The average Bonchev–Trinajstić information content (AvgIpc) is 2.87. The summed E-state index contributed by atoms with van der Waals surface area (Å²) in [6.45, 7) is 7.15. The van der Waals surface area contributed by atoms with Crippen LogP contribution in [0.2, 0.25) is 0 Å². The van der Waals surface area contributed by atoms with Crippen molar-refractivity contribution in [2.45, 2.75) is 26.8 Å². The van der Waals surface area contributed by atoms with E-state index >= 15 is 0 Å². The first-order chi connectivity index (χ1) is 9.67. The van der Waals surface area contributed by atoms with E-state index in [0.717, 1.165) is 42.6 Å². The van der Waals surface area contributed by atoms with E-state index < -0.39 is 0 Å². The van der Waals surface area contributed by atoms with Gasteiger partial charge >= 0.3 is 0 Å². The number of hydrogen-bond acceptors (Lipinski definition) is 5. The van der Waals surface area contributed by atoms with Crippen LogP contribution < -0.4 is 5.32 Å². The zero-order chi connectivity index (χ0) is 14.1. The fraction of sp³-hybridized carbons (Fsp3) is 0.467. The van der Waals surface area contributed by atoms with Crippen LogP contribution >= 0.6 is 11.3 Å². The number of pyridine rings is 1. The average molecular weight is 288 g/mol. The first kappa shape index (κ1) is 13.5. The number of thiazole rings is 1. The van der Waals surface area contributed by atoms with Gasteiger partial charge in [-0.1, -0.05) is 0 Å². The molecule has 3 rings (SSSR count). The second-order valence-corrected chi connectivity index (χ2v) is 6.14. The van der Waals surface area contributed by atoms with Gasteiger partial charge in [0.15, 0.2) is 5.13 Å². The number of aromatic nitrogens is 2. The van der Waals surface area contributed by atoms with Crippen LogP contribution in [0.25, 0.3) is 11.3 Å².